The molecule has 3 aromatic rings. The highest BCUT2D eigenvalue weighted by Gasteiger charge is 2.16. The SMILES string of the molecule is COc1ccc(/C=N\OCC(=O)Nc2cccc(-c3nnc4n3CCCCC4)c2)cc1. The van der Waals surface area contributed by atoms with Crippen molar-refractivity contribution in [3.8, 4) is 17.1 Å². The van der Waals surface area contributed by atoms with Crippen LogP contribution in [-0.2, 0) is 22.6 Å². The fraction of sp³-hybridized carbons (Fsp3) is 0.304. The summed E-state index contributed by atoms with van der Waals surface area (Å²) in [6.45, 7) is 0.742. The molecular formula is C23H25N5O3. The van der Waals surface area contributed by atoms with E-state index < -0.39 is 0 Å². The number of carbonyl (C=O) groups excluding carboxylic acids is 1. The Labute approximate surface area is 180 Å². The fourth-order valence-electron chi connectivity index (χ4n) is 3.52. The quantitative estimate of drug-likeness (QED) is 0.466. The van der Waals surface area contributed by atoms with Crippen LogP contribution in [0.25, 0.3) is 11.4 Å². The Morgan fingerprint density at radius 1 is 1.16 bits per heavy atom. The van der Waals surface area contributed by atoms with Crippen molar-refractivity contribution in [3.63, 3.8) is 0 Å². The van der Waals surface area contributed by atoms with Gasteiger partial charge in [0.05, 0.1) is 13.3 Å². The van der Waals surface area contributed by atoms with Crippen LogP contribution in [0.1, 0.15) is 30.7 Å². The van der Waals surface area contributed by atoms with Crippen molar-refractivity contribution in [2.75, 3.05) is 19.0 Å². The second kappa shape index (κ2) is 9.88. The Morgan fingerprint density at radius 3 is 2.87 bits per heavy atom. The summed E-state index contributed by atoms with van der Waals surface area (Å²) in [7, 11) is 1.61. The first kappa shape index (κ1) is 20.6. The van der Waals surface area contributed by atoms with Crippen LogP contribution in [0.2, 0.25) is 0 Å². The van der Waals surface area contributed by atoms with Gasteiger partial charge in [0.1, 0.15) is 11.6 Å². The molecule has 1 aliphatic heterocycles. The van der Waals surface area contributed by atoms with Crippen LogP contribution in [-0.4, -0.2) is 40.6 Å². The number of anilines is 1. The van der Waals surface area contributed by atoms with E-state index in [9.17, 15) is 4.79 Å². The van der Waals surface area contributed by atoms with E-state index >= 15 is 0 Å². The largest absolute Gasteiger partial charge is 0.497 e. The topological polar surface area (TPSA) is 90.6 Å². The number of aryl methyl sites for hydroxylation is 1. The maximum atomic E-state index is 12.2. The number of rotatable bonds is 7. The third kappa shape index (κ3) is 5.28. The maximum absolute atomic E-state index is 12.2. The molecule has 8 nitrogen and oxygen atoms in total. The lowest BCUT2D eigenvalue weighted by Crippen LogP contribution is -2.17. The van der Waals surface area contributed by atoms with Crippen LogP contribution in [0.15, 0.2) is 53.7 Å². The lowest BCUT2D eigenvalue weighted by Gasteiger charge is -2.09. The van der Waals surface area contributed by atoms with E-state index in [0.29, 0.717) is 5.69 Å². The highest BCUT2D eigenvalue weighted by atomic mass is 16.6. The van der Waals surface area contributed by atoms with E-state index in [0.717, 1.165) is 54.3 Å². The van der Waals surface area contributed by atoms with E-state index in [1.165, 1.54) is 6.42 Å². The van der Waals surface area contributed by atoms with Gasteiger partial charge in [-0.3, -0.25) is 4.79 Å². The van der Waals surface area contributed by atoms with E-state index in [1.807, 2.05) is 48.5 Å². The van der Waals surface area contributed by atoms with Crippen molar-refractivity contribution in [2.45, 2.75) is 32.2 Å². The molecule has 0 bridgehead atoms. The number of methoxy groups -OCH3 is 1. The molecule has 0 unspecified atom stereocenters. The Morgan fingerprint density at radius 2 is 2.03 bits per heavy atom. The van der Waals surface area contributed by atoms with E-state index in [2.05, 4.69) is 25.2 Å². The zero-order valence-electron chi connectivity index (χ0n) is 17.5. The van der Waals surface area contributed by atoms with Crippen LogP contribution < -0.4 is 10.1 Å². The van der Waals surface area contributed by atoms with Crippen molar-refractivity contribution >= 4 is 17.8 Å². The first-order valence-electron chi connectivity index (χ1n) is 10.3. The third-order valence-electron chi connectivity index (χ3n) is 5.10. The van der Waals surface area contributed by atoms with Crippen molar-refractivity contribution < 1.29 is 14.4 Å². The van der Waals surface area contributed by atoms with Gasteiger partial charge in [0, 0.05) is 24.2 Å². The Hall–Kier alpha value is -3.68. The molecule has 1 aliphatic rings. The Balaban J connectivity index is 1.34. The fourth-order valence-corrected chi connectivity index (χ4v) is 3.52. The number of hydrogen-bond acceptors (Lipinski definition) is 6. The predicted molar refractivity (Wildman–Crippen MR) is 118 cm³/mol. The molecule has 0 radical (unpaired) electrons. The molecule has 2 aromatic carbocycles. The van der Waals surface area contributed by atoms with Gasteiger partial charge >= 0.3 is 0 Å². The summed E-state index contributed by atoms with van der Waals surface area (Å²) < 4.78 is 7.30. The predicted octanol–water partition coefficient (Wildman–Crippen LogP) is 3.67. The summed E-state index contributed by atoms with van der Waals surface area (Å²) in [4.78, 5) is 17.3. The summed E-state index contributed by atoms with van der Waals surface area (Å²) in [6.07, 6.45) is 5.99. The summed E-state index contributed by atoms with van der Waals surface area (Å²) >= 11 is 0. The number of nitrogens with zero attached hydrogens (tertiary/aromatic N) is 4. The smallest absolute Gasteiger partial charge is 0.265 e. The third-order valence-corrected chi connectivity index (χ3v) is 5.10. The van der Waals surface area contributed by atoms with Crippen LogP contribution in [0.3, 0.4) is 0 Å². The standard InChI is InChI=1S/C23H25N5O3/c1-30-20-11-9-17(10-12-20)15-24-31-16-22(29)25-19-7-5-6-18(14-19)23-27-26-21-8-3-2-4-13-28(21)23/h5-7,9-12,14-15H,2-4,8,13,16H2,1H3,(H,25,29)/b24-15-. The van der Waals surface area contributed by atoms with Gasteiger partial charge in [-0.2, -0.15) is 0 Å². The van der Waals surface area contributed by atoms with Gasteiger partial charge in [0.2, 0.25) is 0 Å². The number of amides is 1. The molecule has 8 heteroatoms. The summed E-state index contributed by atoms with van der Waals surface area (Å²) in [5.41, 5.74) is 2.45. The lowest BCUT2D eigenvalue weighted by molar-refractivity contribution is -0.120. The Kier molecular flexibility index (Phi) is 6.56. The number of carbonyl (C=O) groups is 1. The molecule has 0 spiro atoms. The molecule has 160 valence electrons. The summed E-state index contributed by atoms with van der Waals surface area (Å²) in [5, 5.41) is 15.4. The number of oxime groups is 1. The maximum Gasteiger partial charge on any atom is 0.265 e. The highest BCUT2D eigenvalue weighted by Crippen LogP contribution is 2.24. The second-order valence-electron chi connectivity index (χ2n) is 7.31. The summed E-state index contributed by atoms with van der Waals surface area (Å²) in [5.74, 6) is 2.35. The molecule has 0 aliphatic carbocycles. The Bertz CT molecular complexity index is 1060. The van der Waals surface area contributed by atoms with Crippen molar-refractivity contribution in [2.24, 2.45) is 5.16 Å². The highest BCUT2D eigenvalue weighted by molar-refractivity contribution is 5.92. The zero-order chi connectivity index (χ0) is 21.5. The van der Waals surface area contributed by atoms with Crippen LogP contribution in [0.5, 0.6) is 5.75 Å². The van der Waals surface area contributed by atoms with Gasteiger partial charge in [0.25, 0.3) is 5.91 Å². The number of fused-ring (bicyclic) bond motifs is 1. The molecule has 31 heavy (non-hydrogen) atoms. The number of benzene rings is 2. The zero-order valence-corrected chi connectivity index (χ0v) is 17.5. The van der Waals surface area contributed by atoms with Crippen molar-refractivity contribution in [1.82, 2.24) is 14.8 Å². The molecule has 1 N–H and O–H groups in total. The second-order valence-corrected chi connectivity index (χ2v) is 7.31. The van der Waals surface area contributed by atoms with E-state index in [-0.39, 0.29) is 12.5 Å². The van der Waals surface area contributed by atoms with Gasteiger partial charge in [-0.05, 0) is 54.8 Å². The lowest BCUT2D eigenvalue weighted by atomic mass is 10.2. The molecule has 0 atom stereocenters. The number of aromatic nitrogens is 3. The average Bonchev–Trinajstić information content (AvgIpc) is 3.05. The van der Waals surface area contributed by atoms with Gasteiger partial charge in [-0.1, -0.05) is 23.7 Å². The van der Waals surface area contributed by atoms with E-state index in [1.54, 1.807) is 13.3 Å². The normalized spacial score (nSPS) is 13.5. The van der Waals surface area contributed by atoms with Gasteiger partial charge in [0.15, 0.2) is 12.4 Å². The first-order valence-corrected chi connectivity index (χ1v) is 10.3. The van der Waals surface area contributed by atoms with E-state index in [4.69, 9.17) is 9.57 Å². The van der Waals surface area contributed by atoms with Crippen molar-refractivity contribution in [1.29, 1.82) is 0 Å². The molecule has 1 aromatic heterocycles. The van der Waals surface area contributed by atoms with Crippen molar-refractivity contribution in [3.05, 3.63) is 59.9 Å². The number of nitrogens with one attached hydrogen (secondary N) is 1. The molecule has 1 amide bonds. The molecule has 4 rings (SSSR count). The van der Waals surface area contributed by atoms with Gasteiger partial charge in [-0.15, -0.1) is 10.2 Å². The van der Waals surface area contributed by atoms with Crippen LogP contribution in [0, 0.1) is 0 Å². The van der Waals surface area contributed by atoms with Gasteiger partial charge in [-0.25, -0.2) is 0 Å². The monoisotopic (exact) mass is 419 g/mol. The number of ether oxygens (including phenoxy) is 1. The minimum absolute atomic E-state index is 0.183. The minimum Gasteiger partial charge on any atom is -0.497 e. The van der Waals surface area contributed by atoms with Crippen LogP contribution >= 0.6 is 0 Å². The van der Waals surface area contributed by atoms with Crippen LogP contribution in [0.4, 0.5) is 5.69 Å². The van der Waals surface area contributed by atoms with Gasteiger partial charge < -0.3 is 19.5 Å². The molecule has 0 fully saturated rings. The number of hydrogen-bond donors (Lipinski definition) is 1. The molecule has 0 saturated heterocycles. The molecule has 0 saturated carbocycles. The minimum atomic E-state index is -0.288. The summed E-state index contributed by atoms with van der Waals surface area (Å²) in [6, 6.07) is 15.0. The molecular weight excluding hydrogens is 394 g/mol. The average molecular weight is 419 g/mol. The first-order chi connectivity index (χ1) is 15.2. The molecule has 2 heterocycles.